The van der Waals surface area contributed by atoms with Gasteiger partial charge < -0.3 is 14.8 Å². The summed E-state index contributed by atoms with van der Waals surface area (Å²) in [6, 6.07) is 64.9. The van der Waals surface area contributed by atoms with Gasteiger partial charge in [0, 0.05) is 40.5 Å². The molecule has 13 rings (SSSR count). The van der Waals surface area contributed by atoms with Crippen LogP contribution in [0.25, 0.3) is 72.3 Å². The standard InChI is InChI=1S/C60H47BN6O/c1-38-17-14-18-39(2)56(38)61-63-49-34-44(68-43-29-30-48-47-23-12-13-26-50(47)66(53(48)35-43)55-33-42(31-32-62-55)60(3,4)5)36-54-58(49)67(61)52-28-16-27-51-59(52)65(54)37-64(51)57-45(40-19-8-6-9-20-40)24-15-25-46(57)41-21-10-7-11-22-41/h6-36,63H,1-5H3. The van der Waals surface area contributed by atoms with Crippen molar-refractivity contribution in [1.29, 1.82) is 0 Å². The summed E-state index contributed by atoms with van der Waals surface area (Å²) in [5, 5.41) is 6.32. The van der Waals surface area contributed by atoms with Gasteiger partial charge in [-0.25, -0.2) is 4.98 Å². The molecule has 0 bridgehead atoms. The van der Waals surface area contributed by atoms with E-state index in [1.165, 1.54) is 27.5 Å². The Morgan fingerprint density at radius 2 is 1.29 bits per heavy atom. The highest BCUT2D eigenvalue weighted by Gasteiger charge is 2.44. The topological polar surface area (TPSA) is 51.1 Å². The Balaban J connectivity index is 1.03. The molecule has 0 amide bonds. The van der Waals surface area contributed by atoms with Crippen molar-refractivity contribution >= 4 is 62.3 Å². The number of hydrogen-bond acceptors (Lipinski definition) is 4. The maximum Gasteiger partial charge on any atom is 0.413 e. The summed E-state index contributed by atoms with van der Waals surface area (Å²) >= 11 is 0. The zero-order chi connectivity index (χ0) is 45.8. The van der Waals surface area contributed by atoms with E-state index in [1.807, 2.05) is 6.20 Å². The van der Waals surface area contributed by atoms with Crippen LogP contribution in [0.4, 0.5) is 17.1 Å². The van der Waals surface area contributed by atoms with Crippen LogP contribution in [0.1, 0.15) is 37.5 Å². The number of ether oxygens (including phenoxy) is 1. The zero-order valence-corrected chi connectivity index (χ0v) is 38.6. The highest BCUT2D eigenvalue weighted by atomic mass is 16.5. The van der Waals surface area contributed by atoms with Crippen LogP contribution in [0.2, 0.25) is 0 Å². The van der Waals surface area contributed by atoms with Gasteiger partial charge in [-0.2, -0.15) is 0 Å². The van der Waals surface area contributed by atoms with Gasteiger partial charge in [-0.05, 0) is 95.0 Å². The van der Waals surface area contributed by atoms with Crippen molar-refractivity contribution in [3.05, 3.63) is 211 Å². The van der Waals surface area contributed by atoms with Crippen LogP contribution in [0.3, 0.4) is 0 Å². The number of pyridine rings is 1. The van der Waals surface area contributed by atoms with E-state index in [9.17, 15) is 0 Å². The maximum absolute atomic E-state index is 7.07. The number of benzene rings is 8. The van der Waals surface area contributed by atoms with E-state index in [0.29, 0.717) is 0 Å². The van der Waals surface area contributed by atoms with E-state index in [-0.39, 0.29) is 12.4 Å². The van der Waals surface area contributed by atoms with Gasteiger partial charge in [0.1, 0.15) is 22.8 Å². The smallest absolute Gasteiger partial charge is 0.413 e. The molecule has 0 aliphatic carbocycles. The Labute approximate surface area is 396 Å². The van der Waals surface area contributed by atoms with Crippen molar-refractivity contribution < 1.29 is 9.30 Å². The molecule has 1 N–H and O–H groups in total. The van der Waals surface area contributed by atoms with Gasteiger partial charge in [0.2, 0.25) is 0 Å². The molecule has 0 radical (unpaired) electrons. The van der Waals surface area contributed by atoms with Crippen molar-refractivity contribution in [2.24, 2.45) is 0 Å². The molecule has 0 saturated carbocycles. The predicted molar refractivity (Wildman–Crippen MR) is 279 cm³/mol. The monoisotopic (exact) mass is 878 g/mol. The number of para-hydroxylation sites is 3. The summed E-state index contributed by atoms with van der Waals surface area (Å²) in [7, 11) is 0. The van der Waals surface area contributed by atoms with E-state index >= 15 is 0 Å². The number of aromatic nitrogens is 4. The molecular weight excluding hydrogens is 832 g/mol. The third-order valence-electron chi connectivity index (χ3n) is 14.0. The number of rotatable bonds is 7. The number of nitrogens with zero attached hydrogens (tertiary/aromatic N) is 5. The lowest BCUT2D eigenvalue weighted by molar-refractivity contribution is -0.571. The quantitative estimate of drug-likeness (QED) is 0.0984. The highest BCUT2D eigenvalue weighted by molar-refractivity contribution is 6.83. The molecule has 7 nitrogen and oxygen atoms in total. The van der Waals surface area contributed by atoms with Gasteiger partial charge in [-0.1, -0.05) is 159 Å². The lowest BCUT2D eigenvalue weighted by Gasteiger charge is -2.32. The molecule has 0 unspecified atom stereocenters. The summed E-state index contributed by atoms with van der Waals surface area (Å²) in [6.45, 7) is 11.0. The summed E-state index contributed by atoms with van der Waals surface area (Å²) in [5.74, 6) is 2.34. The van der Waals surface area contributed by atoms with Gasteiger partial charge in [-0.3, -0.25) is 13.7 Å². The lowest BCUT2D eigenvalue weighted by Crippen LogP contribution is -2.51. The SMILES string of the molecule is Cc1cccc(C)c1B1Nc2cc(Oc3ccc4c5ccccc5n(-c5cc(C(C)(C)C)ccn5)c4c3)cc3c2N1c1cccc2c1n-3[c-][n+]2-c1c(-c2ccccc2)cccc1-c1ccccc1. The van der Waals surface area contributed by atoms with E-state index in [0.717, 1.165) is 95.5 Å². The number of anilines is 3. The molecule has 68 heavy (non-hydrogen) atoms. The first kappa shape index (κ1) is 40.0. The summed E-state index contributed by atoms with van der Waals surface area (Å²) in [4.78, 5) is 7.43. The minimum absolute atomic E-state index is 0.0307. The lowest BCUT2D eigenvalue weighted by atomic mass is 9.63. The Bertz CT molecular complexity index is 3750. The van der Waals surface area contributed by atoms with E-state index in [1.54, 1.807) is 0 Å². The van der Waals surface area contributed by atoms with Crippen LogP contribution < -0.4 is 24.8 Å². The molecule has 0 saturated heterocycles. The molecular formula is C60H47BN6O. The third-order valence-corrected chi connectivity index (χ3v) is 14.0. The van der Waals surface area contributed by atoms with Crippen LogP contribution in [-0.4, -0.2) is 21.1 Å². The Kier molecular flexibility index (Phi) is 8.87. The van der Waals surface area contributed by atoms with Gasteiger partial charge in [0.25, 0.3) is 6.33 Å². The van der Waals surface area contributed by atoms with Crippen molar-refractivity contribution in [3.8, 4) is 50.9 Å². The fourth-order valence-electron chi connectivity index (χ4n) is 10.8. The van der Waals surface area contributed by atoms with Crippen molar-refractivity contribution in [1.82, 2.24) is 14.1 Å². The Morgan fingerprint density at radius 3 is 2.03 bits per heavy atom. The molecule has 326 valence electrons. The van der Waals surface area contributed by atoms with Crippen LogP contribution in [-0.2, 0) is 5.41 Å². The number of imidazole rings is 1. The second-order valence-electron chi connectivity index (χ2n) is 19.2. The first-order valence-corrected chi connectivity index (χ1v) is 23.4. The van der Waals surface area contributed by atoms with Crippen LogP contribution in [0.15, 0.2) is 188 Å². The maximum atomic E-state index is 7.07. The van der Waals surface area contributed by atoms with Crippen LogP contribution >= 0.6 is 0 Å². The van der Waals surface area contributed by atoms with Gasteiger partial charge in [0.05, 0.1) is 33.6 Å². The highest BCUT2D eigenvalue weighted by Crippen LogP contribution is 2.52. The Morgan fingerprint density at radius 1 is 0.618 bits per heavy atom. The molecule has 2 aliphatic rings. The number of aryl methyl sites for hydroxylation is 2. The largest absolute Gasteiger partial charge is 0.458 e. The molecule has 2 aliphatic heterocycles. The number of nitrogens with one attached hydrogen (secondary N) is 1. The van der Waals surface area contributed by atoms with E-state index < -0.39 is 0 Å². The normalized spacial score (nSPS) is 12.8. The first-order valence-electron chi connectivity index (χ1n) is 23.4. The summed E-state index contributed by atoms with van der Waals surface area (Å²) in [5.41, 5.74) is 19.0. The van der Waals surface area contributed by atoms with E-state index in [4.69, 9.17) is 9.72 Å². The van der Waals surface area contributed by atoms with Crippen LogP contribution in [0.5, 0.6) is 11.5 Å². The second-order valence-corrected chi connectivity index (χ2v) is 19.2. The molecule has 0 atom stereocenters. The van der Waals surface area contributed by atoms with Crippen molar-refractivity contribution in [2.75, 3.05) is 10.0 Å². The van der Waals surface area contributed by atoms with Crippen molar-refractivity contribution in [2.45, 2.75) is 40.0 Å². The summed E-state index contributed by atoms with van der Waals surface area (Å²) in [6.07, 6.45) is 5.89. The fraction of sp³-hybridized carbons (Fsp3) is 0.100. The zero-order valence-electron chi connectivity index (χ0n) is 38.6. The fourth-order valence-corrected chi connectivity index (χ4v) is 10.8. The Hall–Kier alpha value is -8.36. The predicted octanol–water partition coefficient (Wildman–Crippen LogP) is 13.5. The van der Waals surface area contributed by atoms with Crippen LogP contribution in [0, 0.1) is 20.2 Å². The molecule has 0 spiro atoms. The molecule has 11 aromatic rings. The minimum Gasteiger partial charge on any atom is -0.458 e. The summed E-state index contributed by atoms with van der Waals surface area (Å²) < 4.78 is 13.9. The third kappa shape index (κ3) is 6.13. The minimum atomic E-state index is -0.164. The van der Waals surface area contributed by atoms with Crippen molar-refractivity contribution in [3.63, 3.8) is 0 Å². The molecule has 3 aromatic heterocycles. The van der Waals surface area contributed by atoms with Gasteiger partial charge >= 0.3 is 6.98 Å². The average molecular weight is 879 g/mol. The van der Waals surface area contributed by atoms with Gasteiger partial charge in [-0.15, -0.1) is 0 Å². The average Bonchev–Trinajstić information content (AvgIpc) is 4.04. The number of fused-ring (bicyclic) bond motifs is 5. The number of hydrogen-bond donors (Lipinski definition) is 1. The molecule has 5 heterocycles. The molecule has 8 aromatic carbocycles. The van der Waals surface area contributed by atoms with E-state index in [2.05, 4.69) is 247 Å². The second kappa shape index (κ2) is 15.1. The van der Waals surface area contributed by atoms with Gasteiger partial charge in [0.15, 0.2) is 0 Å². The molecule has 0 fully saturated rings. The molecule has 8 heteroatoms. The first-order chi connectivity index (χ1) is 33.2.